The van der Waals surface area contributed by atoms with Crippen molar-refractivity contribution in [3.8, 4) is 44.8 Å². The Morgan fingerprint density at radius 3 is 1.18 bits per heavy atom. The summed E-state index contributed by atoms with van der Waals surface area (Å²) in [6.07, 6.45) is 0. The topological polar surface area (TPSA) is 21.9 Å². The molecule has 2 aromatic heterocycles. The van der Waals surface area contributed by atoms with Crippen LogP contribution in [0.5, 0.6) is 0 Å². The first kappa shape index (κ1) is 32.8. The fraction of sp³-hybridized carbons (Fsp3) is 0. The highest BCUT2D eigenvalue weighted by Crippen LogP contribution is 2.39. The maximum absolute atomic E-state index is 3.86. The van der Waals surface area contributed by atoms with Crippen molar-refractivity contribution >= 4 is 55.0 Å². The largest absolute Gasteiger partial charge is 0.355 e. The smallest absolute Gasteiger partial charge is 0.0541 e. The van der Waals surface area contributed by atoms with Crippen LogP contribution in [0.4, 0.5) is 11.4 Å². The molecule has 0 aliphatic heterocycles. The predicted molar refractivity (Wildman–Crippen MR) is 241 cm³/mol. The number of benzene rings is 9. The van der Waals surface area contributed by atoms with Crippen LogP contribution in [-0.2, 0) is 0 Å². The van der Waals surface area contributed by atoms with Crippen molar-refractivity contribution < 1.29 is 0 Å². The second kappa shape index (κ2) is 13.6. The Labute approximate surface area is 331 Å². The number of anilines is 2. The number of fused-ring (bicyclic) bond motifs is 6. The lowest BCUT2D eigenvalue weighted by atomic mass is 9.96. The van der Waals surface area contributed by atoms with E-state index in [-0.39, 0.29) is 0 Å². The van der Waals surface area contributed by atoms with Gasteiger partial charge in [0.15, 0.2) is 0 Å². The van der Waals surface area contributed by atoms with E-state index in [9.17, 15) is 0 Å². The van der Waals surface area contributed by atoms with Crippen LogP contribution < -0.4 is 5.32 Å². The Kier molecular flexibility index (Phi) is 7.82. The van der Waals surface area contributed by atoms with Crippen molar-refractivity contribution in [2.24, 2.45) is 0 Å². The quantitative estimate of drug-likeness (QED) is 0.173. The van der Waals surface area contributed by atoms with Crippen molar-refractivity contribution in [2.75, 3.05) is 5.32 Å². The monoisotopic (exact) mass is 727 g/mol. The molecule has 1 N–H and O–H groups in total. The lowest BCUT2D eigenvalue weighted by Crippen LogP contribution is -1.97. The maximum Gasteiger partial charge on any atom is 0.0541 e. The normalized spacial score (nSPS) is 11.5. The number of aromatic nitrogens is 2. The van der Waals surface area contributed by atoms with Crippen molar-refractivity contribution in [1.82, 2.24) is 9.13 Å². The summed E-state index contributed by atoms with van der Waals surface area (Å²) in [5, 5.41) is 8.89. The van der Waals surface area contributed by atoms with Crippen LogP contribution in [0, 0.1) is 0 Å². The van der Waals surface area contributed by atoms with E-state index in [4.69, 9.17) is 0 Å². The van der Waals surface area contributed by atoms with Gasteiger partial charge in [-0.05, 0) is 101 Å². The second-order valence-electron chi connectivity index (χ2n) is 14.7. The average Bonchev–Trinajstić information content (AvgIpc) is 3.80. The van der Waals surface area contributed by atoms with Gasteiger partial charge in [0, 0.05) is 49.9 Å². The third kappa shape index (κ3) is 5.68. The summed E-state index contributed by atoms with van der Waals surface area (Å²) in [5.41, 5.74) is 16.1. The van der Waals surface area contributed by atoms with Crippen molar-refractivity contribution in [1.29, 1.82) is 0 Å². The highest BCUT2D eigenvalue weighted by molar-refractivity contribution is 6.10. The molecule has 0 fully saturated rings. The van der Waals surface area contributed by atoms with Gasteiger partial charge in [0.1, 0.15) is 0 Å². The highest BCUT2D eigenvalue weighted by atomic mass is 15.0. The zero-order valence-corrected chi connectivity index (χ0v) is 31.2. The Morgan fingerprint density at radius 2 is 0.684 bits per heavy atom. The third-order valence-electron chi connectivity index (χ3n) is 11.3. The molecular weight excluding hydrogens is 691 g/mol. The fourth-order valence-corrected chi connectivity index (χ4v) is 8.70. The standard InChI is InChI=1S/C54H37N3/c1-2-16-37(17-3-1)45-22-4-9-27-50(45)55-42-33-40(38-18-14-20-43(35-38)56-51-28-10-5-23-46(51)47-24-6-11-29-52(47)56)32-41(34-42)39-19-15-21-44(36-39)57-53-30-12-7-25-48(53)49-26-8-13-31-54(49)57/h1-36,55H. The van der Waals surface area contributed by atoms with E-state index in [1.54, 1.807) is 0 Å². The number of hydrogen-bond donors (Lipinski definition) is 1. The molecule has 268 valence electrons. The molecule has 9 aromatic carbocycles. The zero-order valence-electron chi connectivity index (χ0n) is 31.2. The molecule has 57 heavy (non-hydrogen) atoms. The highest BCUT2D eigenvalue weighted by Gasteiger charge is 2.16. The molecule has 0 saturated carbocycles. The average molecular weight is 728 g/mol. The predicted octanol–water partition coefficient (Wildman–Crippen LogP) is 14.6. The molecule has 0 aliphatic rings. The van der Waals surface area contributed by atoms with E-state index >= 15 is 0 Å². The molecule has 11 rings (SSSR count). The summed E-state index contributed by atoms with van der Waals surface area (Å²) in [6, 6.07) is 78.8. The second-order valence-corrected chi connectivity index (χ2v) is 14.7. The van der Waals surface area contributed by atoms with Crippen molar-refractivity contribution in [2.45, 2.75) is 0 Å². The number of hydrogen-bond acceptors (Lipinski definition) is 1. The number of para-hydroxylation sites is 5. The SMILES string of the molecule is c1ccc(-c2ccccc2Nc2cc(-c3cccc(-n4c5ccccc5c5ccccc54)c3)cc(-c3cccc(-n4c5ccccc5c5ccccc54)c3)c2)cc1. The summed E-state index contributed by atoms with van der Waals surface area (Å²) >= 11 is 0. The van der Waals surface area contributed by atoms with E-state index in [2.05, 4.69) is 233 Å². The molecule has 0 spiro atoms. The van der Waals surface area contributed by atoms with E-state index in [1.807, 2.05) is 0 Å². The maximum atomic E-state index is 3.86. The summed E-state index contributed by atoms with van der Waals surface area (Å²) in [7, 11) is 0. The van der Waals surface area contributed by atoms with E-state index in [0.29, 0.717) is 0 Å². The van der Waals surface area contributed by atoms with Crippen LogP contribution in [0.25, 0.3) is 88.4 Å². The zero-order chi connectivity index (χ0) is 37.7. The summed E-state index contributed by atoms with van der Waals surface area (Å²) in [6.45, 7) is 0. The van der Waals surface area contributed by atoms with Crippen molar-refractivity contribution in [3.05, 3.63) is 218 Å². The third-order valence-corrected chi connectivity index (χ3v) is 11.3. The number of rotatable bonds is 7. The summed E-state index contributed by atoms with van der Waals surface area (Å²) in [4.78, 5) is 0. The minimum absolute atomic E-state index is 1.02. The van der Waals surface area contributed by atoms with Gasteiger partial charge in [0.25, 0.3) is 0 Å². The van der Waals surface area contributed by atoms with Gasteiger partial charge in [-0.1, -0.05) is 146 Å². The molecule has 0 unspecified atom stereocenters. The molecule has 0 radical (unpaired) electrons. The lowest BCUT2D eigenvalue weighted by molar-refractivity contribution is 1.18. The fourth-order valence-electron chi connectivity index (χ4n) is 8.70. The van der Waals surface area contributed by atoms with Crippen LogP contribution in [0.3, 0.4) is 0 Å². The van der Waals surface area contributed by atoms with Crippen LogP contribution >= 0.6 is 0 Å². The first-order chi connectivity index (χ1) is 28.3. The molecule has 2 heterocycles. The van der Waals surface area contributed by atoms with Gasteiger partial charge < -0.3 is 14.5 Å². The molecule has 0 bridgehead atoms. The lowest BCUT2D eigenvalue weighted by Gasteiger charge is -2.17. The van der Waals surface area contributed by atoms with Gasteiger partial charge >= 0.3 is 0 Å². The Morgan fingerprint density at radius 1 is 0.281 bits per heavy atom. The van der Waals surface area contributed by atoms with Crippen LogP contribution in [0.2, 0.25) is 0 Å². The molecule has 3 heteroatoms. The first-order valence-corrected chi connectivity index (χ1v) is 19.5. The van der Waals surface area contributed by atoms with Gasteiger partial charge in [0.2, 0.25) is 0 Å². The van der Waals surface area contributed by atoms with Gasteiger partial charge in [-0.25, -0.2) is 0 Å². The van der Waals surface area contributed by atoms with Gasteiger partial charge in [-0.15, -0.1) is 0 Å². The minimum atomic E-state index is 1.02. The van der Waals surface area contributed by atoms with Gasteiger partial charge in [-0.3, -0.25) is 0 Å². The summed E-state index contributed by atoms with van der Waals surface area (Å²) in [5.74, 6) is 0. The molecule has 11 aromatic rings. The van der Waals surface area contributed by atoms with Gasteiger partial charge in [0.05, 0.1) is 22.1 Å². The minimum Gasteiger partial charge on any atom is -0.355 e. The molecule has 3 nitrogen and oxygen atoms in total. The van der Waals surface area contributed by atoms with E-state index < -0.39 is 0 Å². The first-order valence-electron chi connectivity index (χ1n) is 19.5. The van der Waals surface area contributed by atoms with Crippen molar-refractivity contribution in [3.63, 3.8) is 0 Å². The number of nitrogens with zero attached hydrogens (tertiary/aromatic N) is 2. The Balaban J connectivity index is 1.09. The van der Waals surface area contributed by atoms with Crippen LogP contribution in [-0.4, -0.2) is 9.13 Å². The van der Waals surface area contributed by atoms with Crippen LogP contribution in [0.15, 0.2) is 218 Å². The van der Waals surface area contributed by atoms with E-state index in [0.717, 1.165) is 50.6 Å². The van der Waals surface area contributed by atoms with Gasteiger partial charge in [-0.2, -0.15) is 0 Å². The molecule has 0 amide bonds. The molecular formula is C54H37N3. The molecule has 0 saturated heterocycles. The molecule has 0 atom stereocenters. The number of nitrogens with one attached hydrogen (secondary N) is 1. The molecule has 0 aliphatic carbocycles. The Bertz CT molecular complexity index is 2990. The van der Waals surface area contributed by atoms with E-state index in [1.165, 1.54) is 49.2 Å². The Hall–Kier alpha value is -7.62. The van der Waals surface area contributed by atoms with Crippen LogP contribution in [0.1, 0.15) is 0 Å². The summed E-state index contributed by atoms with van der Waals surface area (Å²) < 4.78 is 4.78.